The van der Waals surface area contributed by atoms with Gasteiger partial charge < -0.3 is 15.2 Å². The fraction of sp³-hybridized carbons (Fsp3) is 1.00. The highest BCUT2D eigenvalue weighted by Crippen LogP contribution is 2.29. The fourth-order valence-corrected chi connectivity index (χ4v) is 2.80. The molecule has 2 aliphatic rings. The number of nitrogens with two attached hydrogens (primary N) is 1. The van der Waals surface area contributed by atoms with Crippen LogP contribution in [0.3, 0.4) is 0 Å². The first-order valence-corrected chi connectivity index (χ1v) is 6.45. The van der Waals surface area contributed by atoms with Gasteiger partial charge in [-0.3, -0.25) is 4.90 Å². The molecule has 2 saturated heterocycles. The molecule has 0 amide bonds. The Morgan fingerprint density at radius 1 is 1.31 bits per heavy atom. The number of hydrogen-bond acceptors (Lipinski definition) is 4. The molecule has 0 aliphatic carbocycles. The summed E-state index contributed by atoms with van der Waals surface area (Å²) >= 11 is 0. The predicted octanol–water partition coefficient (Wildman–Crippen LogP) is 0.605. The molecule has 4 heteroatoms. The topological polar surface area (TPSA) is 47.7 Å². The molecule has 0 spiro atoms. The van der Waals surface area contributed by atoms with Crippen LogP contribution < -0.4 is 5.73 Å². The Morgan fingerprint density at radius 3 is 2.69 bits per heavy atom. The Labute approximate surface area is 98.1 Å². The lowest BCUT2D eigenvalue weighted by Gasteiger charge is -2.48. The molecule has 4 nitrogen and oxygen atoms in total. The lowest BCUT2D eigenvalue weighted by Crippen LogP contribution is -2.61. The summed E-state index contributed by atoms with van der Waals surface area (Å²) in [5, 5.41) is 0. The van der Waals surface area contributed by atoms with Gasteiger partial charge in [0, 0.05) is 38.4 Å². The SMILES string of the molecule is CCC1CN(C2(CN)CCOCC2)CCO1. The molecule has 16 heavy (non-hydrogen) atoms. The average molecular weight is 228 g/mol. The summed E-state index contributed by atoms with van der Waals surface area (Å²) in [5.74, 6) is 0. The number of rotatable bonds is 3. The predicted molar refractivity (Wildman–Crippen MR) is 63.4 cm³/mol. The Hall–Kier alpha value is -0.160. The van der Waals surface area contributed by atoms with E-state index in [0.717, 1.165) is 58.7 Å². The summed E-state index contributed by atoms with van der Waals surface area (Å²) in [4.78, 5) is 2.55. The van der Waals surface area contributed by atoms with Crippen LogP contribution in [0, 0.1) is 0 Å². The molecule has 0 saturated carbocycles. The van der Waals surface area contributed by atoms with Crippen LogP contribution >= 0.6 is 0 Å². The summed E-state index contributed by atoms with van der Waals surface area (Å²) in [6.45, 7) is 7.54. The van der Waals surface area contributed by atoms with Crippen molar-refractivity contribution in [2.45, 2.75) is 37.8 Å². The minimum absolute atomic E-state index is 0.176. The minimum atomic E-state index is 0.176. The second-order valence-corrected chi connectivity index (χ2v) is 4.89. The molecule has 1 atom stereocenters. The number of ether oxygens (including phenoxy) is 2. The molecule has 0 aromatic heterocycles. The van der Waals surface area contributed by atoms with Crippen LogP contribution in [0.5, 0.6) is 0 Å². The fourth-order valence-electron chi connectivity index (χ4n) is 2.80. The molecule has 2 heterocycles. The maximum atomic E-state index is 6.02. The molecular weight excluding hydrogens is 204 g/mol. The van der Waals surface area contributed by atoms with Crippen molar-refractivity contribution < 1.29 is 9.47 Å². The van der Waals surface area contributed by atoms with Gasteiger partial charge in [0.2, 0.25) is 0 Å². The van der Waals surface area contributed by atoms with Gasteiger partial charge in [-0.25, -0.2) is 0 Å². The Balaban J connectivity index is 2.01. The second-order valence-electron chi connectivity index (χ2n) is 4.89. The van der Waals surface area contributed by atoms with Gasteiger partial charge in [-0.05, 0) is 19.3 Å². The van der Waals surface area contributed by atoms with Crippen LogP contribution in [0.15, 0.2) is 0 Å². The molecule has 2 aliphatic heterocycles. The Morgan fingerprint density at radius 2 is 2.06 bits per heavy atom. The molecule has 0 bridgehead atoms. The third kappa shape index (κ3) is 2.40. The van der Waals surface area contributed by atoms with E-state index in [9.17, 15) is 0 Å². The minimum Gasteiger partial charge on any atom is -0.381 e. The standard InChI is InChI=1S/C12H24N2O2/c1-2-11-9-14(5-8-16-11)12(10-13)3-6-15-7-4-12/h11H,2-10,13H2,1H3. The largest absolute Gasteiger partial charge is 0.381 e. The summed E-state index contributed by atoms with van der Waals surface area (Å²) in [5.41, 5.74) is 6.19. The van der Waals surface area contributed by atoms with Crippen LogP contribution in [0.25, 0.3) is 0 Å². The van der Waals surface area contributed by atoms with Gasteiger partial charge in [-0.2, -0.15) is 0 Å². The Kier molecular flexibility index (Phi) is 4.19. The normalized spacial score (nSPS) is 31.5. The van der Waals surface area contributed by atoms with Crippen molar-refractivity contribution >= 4 is 0 Å². The highest BCUT2D eigenvalue weighted by atomic mass is 16.5. The lowest BCUT2D eigenvalue weighted by molar-refractivity contribution is -0.0972. The highest BCUT2D eigenvalue weighted by Gasteiger charge is 2.39. The van der Waals surface area contributed by atoms with Crippen LogP contribution in [0.2, 0.25) is 0 Å². The smallest absolute Gasteiger partial charge is 0.0700 e. The first-order valence-electron chi connectivity index (χ1n) is 6.45. The first-order chi connectivity index (χ1) is 7.80. The zero-order valence-corrected chi connectivity index (χ0v) is 10.3. The van der Waals surface area contributed by atoms with Gasteiger partial charge in [-0.15, -0.1) is 0 Å². The molecule has 2 fully saturated rings. The van der Waals surface area contributed by atoms with E-state index in [0.29, 0.717) is 6.10 Å². The van der Waals surface area contributed by atoms with Crippen molar-refractivity contribution in [2.75, 3.05) is 39.5 Å². The van der Waals surface area contributed by atoms with Crippen molar-refractivity contribution in [2.24, 2.45) is 5.73 Å². The molecular formula is C12H24N2O2. The van der Waals surface area contributed by atoms with Crippen molar-refractivity contribution in [3.8, 4) is 0 Å². The number of hydrogen-bond donors (Lipinski definition) is 1. The lowest BCUT2D eigenvalue weighted by atomic mass is 9.87. The molecule has 0 radical (unpaired) electrons. The van der Waals surface area contributed by atoms with Gasteiger partial charge in [0.25, 0.3) is 0 Å². The van der Waals surface area contributed by atoms with Crippen molar-refractivity contribution in [3.05, 3.63) is 0 Å². The third-order valence-electron chi connectivity index (χ3n) is 4.07. The van der Waals surface area contributed by atoms with Gasteiger partial charge in [0.05, 0.1) is 12.7 Å². The van der Waals surface area contributed by atoms with E-state index in [1.54, 1.807) is 0 Å². The van der Waals surface area contributed by atoms with E-state index >= 15 is 0 Å². The van der Waals surface area contributed by atoms with Gasteiger partial charge in [-0.1, -0.05) is 6.92 Å². The first kappa shape index (κ1) is 12.3. The van der Waals surface area contributed by atoms with E-state index in [1.165, 1.54) is 0 Å². The van der Waals surface area contributed by atoms with Crippen LogP contribution in [-0.4, -0.2) is 56.0 Å². The maximum Gasteiger partial charge on any atom is 0.0700 e. The molecule has 0 aromatic carbocycles. The quantitative estimate of drug-likeness (QED) is 0.768. The third-order valence-corrected chi connectivity index (χ3v) is 4.07. The Bertz CT molecular complexity index is 217. The van der Waals surface area contributed by atoms with Crippen molar-refractivity contribution in [3.63, 3.8) is 0 Å². The van der Waals surface area contributed by atoms with Crippen LogP contribution in [-0.2, 0) is 9.47 Å². The summed E-state index contributed by atoms with van der Waals surface area (Å²) in [6.07, 6.45) is 3.62. The van der Waals surface area contributed by atoms with Crippen molar-refractivity contribution in [1.29, 1.82) is 0 Å². The molecule has 2 rings (SSSR count). The zero-order valence-electron chi connectivity index (χ0n) is 10.3. The zero-order chi connectivity index (χ0) is 11.4. The molecule has 94 valence electrons. The van der Waals surface area contributed by atoms with Gasteiger partial charge in [0.15, 0.2) is 0 Å². The second kappa shape index (κ2) is 5.45. The number of nitrogens with zero attached hydrogens (tertiary/aromatic N) is 1. The summed E-state index contributed by atoms with van der Waals surface area (Å²) in [7, 11) is 0. The molecule has 0 aromatic rings. The average Bonchev–Trinajstić information content (AvgIpc) is 2.39. The summed E-state index contributed by atoms with van der Waals surface area (Å²) in [6, 6.07) is 0. The van der Waals surface area contributed by atoms with Gasteiger partial charge >= 0.3 is 0 Å². The van der Waals surface area contributed by atoms with Crippen LogP contribution in [0.1, 0.15) is 26.2 Å². The van der Waals surface area contributed by atoms with E-state index in [-0.39, 0.29) is 5.54 Å². The van der Waals surface area contributed by atoms with Crippen molar-refractivity contribution in [1.82, 2.24) is 4.90 Å². The molecule has 2 N–H and O–H groups in total. The number of morpholine rings is 1. The van der Waals surface area contributed by atoms with Crippen LogP contribution in [0.4, 0.5) is 0 Å². The van der Waals surface area contributed by atoms with E-state index in [4.69, 9.17) is 15.2 Å². The highest BCUT2D eigenvalue weighted by molar-refractivity contribution is 4.95. The van der Waals surface area contributed by atoms with E-state index in [2.05, 4.69) is 11.8 Å². The van der Waals surface area contributed by atoms with Gasteiger partial charge in [0.1, 0.15) is 0 Å². The maximum absolute atomic E-state index is 6.02. The van der Waals surface area contributed by atoms with E-state index < -0.39 is 0 Å². The molecule has 1 unspecified atom stereocenters. The summed E-state index contributed by atoms with van der Waals surface area (Å²) < 4.78 is 11.2. The van der Waals surface area contributed by atoms with E-state index in [1.807, 2.05) is 0 Å². The monoisotopic (exact) mass is 228 g/mol.